The zero-order valence-corrected chi connectivity index (χ0v) is 8.00. The minimum atomic E-state index is -1.40. The Morgan fingerprint density at radius 3 is 2.50 bits per heavy atom. The number of benzene rings is 1. The molecule has 0 aromatic heterocycles. The Labute approximate surface area is 85.5 Å². The van der Waals surface area contributed by atoms with Crippen molar-refractivity contribution in [2.75, 3.05) is 0 Å². The molecule has 0 aliphatic heterocycles. The van der Waals surface area contributed by atoms with Gasteiger partial charge in [0.25, 0.3) is 0 Å². The SMILES string of the molecule is Cl.NC1CCc2c1cc(F)c(F)c2F. The zero-order chi connectivity index (χ0) is 9.59. The summed E-state index contributed by atoms with van der Waals surface area (Å²) in [7, 11) is 0. The molecule has 0 spiro atoms. The van der Waals surface area contributed by atoms with Gasteiger partial charge in [-0.3, -0.25) is 0 Å². The Hall–Kier alpha value is -0.740. The van der Waals surface area contributed by atoms with Gasteiger partial charge in [-0.1, -0.05) is 0 Å². The van der Waals surface area contributed by atoms with Crippen molar-refractivity contribution in [1.82, 2.24) is 0 Å². The standard InChI is InChI=1S/C9H8F3N.ClH/c10-6-3-5-4(1-2-7(5)13)8(11)9(6)12;/h3,7H,1-2,13H2;1H. The van der Waals surface area contributed by atoms with Crippen LogP contribution in [0.5, 0.6) is 0 Å². The van der Waals surface area contributed by atoms with Crippen LogP contribution in [0.15, 0.2) is 6.07 Å². The summed E-state index contributed by atoms with van der Waals surface area (Å²) in [6.07, 6.45) is 0.939. The van der Waals surface area contributed by atoms with Crippen molar-refractivity contribution in [1.29, 1.82) is 0 Å². The minimum absolute atomic E-state index is 0. The van der Waals surface area contributed by atoms with Gasteiger partial charge in [-0.05, 0) is 30.0 Å². The summed E-state index contributed by atoms with van der Waals surface area (Å²) in [5.41, 5.74) is 6.21. The molecule has 0 saturated heterocycles. The summed E-state index contributed by atoms with van der Waals surface area (Å²) in [4.78, 5) is 0. The lowest BCUT2D eigenvalue weighted by Crippen LogP contribution is -2.07. The van der Waals surface area contributed by atoms with Gasteiger partial charge in [0.2, 0.25) is 0 Å². The van der Waals surface area contributed by atoms with Crippen LogP contribution in [0, 0.1) is 17.5 Å². The first-order valence-corrected chi connectivity index (χ1v) is 4.03. The van der Waals surface area contributed by atoms with Crippen LogP contribution in [0.4, 0.5) is 13.2 Å². The summed E-state index contributed by atoms with van der Waals surface area (Å²) < 4.78 is 38.5. The first-order chi connectivity index (χ1) is 6.11. The van der Waals surface area contributed by atoms with Crippen LogP contribution < -0.4 is 5.73 Å². The van der Waals surface area contributed by atoms with Crippen molar-refractivity contribution in [3.05, 3.63) is 34.6 Å². The van der Waals surface area contributed by atoms with E-state index in [1.165, 1.54) is 0 Å². The quantitative estimate of drug-likeness (QED) is 0.672. The molecule has 1 unspecified atom stereocenters. The van der Waals surface area contributed by atoms with Crippen molar-refractivity contribution in [2.24, 2.45) is 5.73 Å². The van der Waals surface area contributed by atoms with Crippen molar-refractivity contribution in [3.8, 4) is 0 Å². The predicted octanol–water partition coefficient (Wildman–Crippen LogP) is 2.47. The van der Waals surface area contributed by atoms with E-state index in [0.717, 1.165) is 6.07 Å². The van der Waals surface area contributed by atoms with E-state index < -0.39 is 17.5 Å². The molecule has 0 saturated carbocycles. The van der Waals surface area contributed by atoms with Gasteiger partial charge in [0.1, 0.15) is 0 Å². The molecule has 1 atom stereocenters. The molecule has 0 fully saturated rings. The molecule has 1 aliphatic carbocycles. The molecule has 2 N–H and O–H groups in total. The summed E-state index contributed by atoms with van der Waals surface area (Å²) in [6, 6.07) is 0.630. The molecule has 2 rings (SSSR count). The topological polar surface area (TPSA) is 26.0 Å². The van der Waals surface area contributed by atoms with Gasteiger partial charge < -0.3 is 5.73 Å². The van der Waals surface area contributed by atoms with E-state index in [0.29, 0.717) is 18.4 Å². The van der Waals surface area contributed by atoms with E-state index in [1.54, 1.807) is 0 Å². The van der Waals surface area contributed by atoms with E-state index in [4.69, 9.17) is 5.73 Å². The van der Waals surface area contributed by atoms with Crippen LogP contribution >= 0.6 is 12.4 Å². The maximum absolute atomic E-state index is 13.1. The van der Waals surface area contributed by atoms with Gasteiger partial charge in [-0.25, -0.2) is 13.2 Å². The fourth-order valence-electron chi connectivity index (χ4n) is 1.69. The fourth-order valence-corrected chi connectivity index (χ4v) is 1.69. The molecule has 0 amide bonds. The van der Waals surface area contributed by atoms with Crippen LogP contribution in [-0.2, 0) is 6.42 Å². The van der Waals surface area contributed by atoms with Crippen LogP contribution in [0.3, 0.4) is 0 Å². The highest BCUT2D eigenvalue weighted by Crippen LogP contribution is 2.33. The third-order valence-electron chi connectivity index (χ3n) is 2.40. The summed E-state index contributed by atoms with van der Waals surface area (Å²) >= 11 is 0. The Morgan fingerprint density at radius 1 is 1.21 bits per heavy atom. The van der Waals surface area contributed by atoms with Crippen molar-refractivity contribution < 1.29 is 13.2 Å². The number of halogens is 4. The van der Waals surface area contributed by atoms with E-state index in [9.17, 15) is 13.2 Å². The third-order valence-corrected chi connectivity index (χ3v) is 2.40. The molecule has 1 aromatic rings. The molecule has 0 heterocycles. The van der Waals surface area contributed by atoms with E-state index >= 15 is 0 Å². The largest absolute Gasteiger partial charge is 0.324 e. The van der Waals surface area contributed by atoms with Crippen LogP contribution in [0.1, 0.15) is 23.6 Å². The first kappa shape index (κ1) is 11.3. The first-order valence-electron chi connectivity index (χ1n) is 4.03. The van der Waals surface area contributed by atoms with Crippen molar-refractivity contribution >= 4 is 12.4 Å². The smallest absolute Gasteiger partial charge is 0.194 e. The molecular weight excluding hydrogens is 215 g/mol. The molecule has 78 valence electrons. The molecule has 5 heteroatoms. The highest BCUT2D eigenvalue weighted by molar-refractivity contribution is 5.85. The molecule has 1 aromatic carbocycles. The number of hydrogen-bond acceptors (Lipinski definition) is 1. The lowest BCUT2D eigenvalue weighted by atomic mass is 10.1. The second-order valence-corrected chi connectivity index (χ2v) is 3.20. The predicted molar refractivity (Wildman–Crippen MR) is 48.8 cm³/mol. The normalized spacial score (nSPS) is 19.0. The molecule has 1 aliphatic rings. The molecule has 1 nitrogen and oxygen atoms in total. The van der Waals surface area contributed by atoms with Crippen LogP contribution in [0.25, 0.3) is 0 Å². The summed E-state index contributed by atoms with van der Waals surface area (Å²) in [5.74, 6) is -3.63. The fraction of sp³-hybridized carbons (Fsp3) is 0.333. The van der Waals surface area contributed by atoms with Gasteiger partial charge in [0, 0.05) is 6.04 Å². The average molecular weight is 224 g/mol. The Bertz CT molecular complexity index is 368. The number of fused-ring (bicyclic) bond motifs is 1. The van der Waals surface area contributed by atoms with Gasteiger partial charge in [0.05, 0.1) is 0 Å². The second kappa shape index (κ2) is 3.79. The highest BCUT2D eigenvalue weighted by atomic mass is 35.5. The third kappa shape index (κ3) is 1.48. The summed E-state index contributed by atoms with van der Waals surface area (Å²) in [5, 5.41) is 0. The van der Waals surface area contributed by atoms with Crippen LogP contribution in [-0.4, -0.2) is 0 Å². The number of rotatable bonds is 0. The minimum Gasteiger partial charge on any atom is -0.324 e. The average Bonchev–Trinajstić information content (AvgIpc) is 2.45. The maximum Gasteiger partial charge on any atom is 0.194 e. The number of nitrogens with two attached hydrogens (primary N) is 1. The maximum atomic E-state index is 13.1. The van der Waals surface area contributed by atoms with E-state index in [-0.39, 0.29) is 24.0 Å². The molecule has 0 radical (unpaired) electrons. The van der Waals surface area contributed by atoms with Gasteiger partial charge in [-0.2, -0.15) is 0 Å². The molecule has 14 heavy (non-hydrogen) atoms. The molecule has 0 bridgehead atoms. The lowest BCUT2D eigenvalue weighted by Gasteiger charge is -2.06. The Kier molecular flexibility index (Phi) is 3.07. The van der Waals surface area contributed by atoms with Crippen molar-refractivity contribution in [3.63, 3.8) is 0 Å². The van der Waals surface area contributed by atoms with Gasteiger partial charge in [-0.15, -0.1) is 12.4 Å². The second-order valence-electron chi connectivity index (χ2n) is 3.20. The summed E-state index contributed by atoms with van der Waals surface area (Å²) in [6.45, 7) is 0. The van der Waals surface area contributed by atoms with E-state index in [1.807, 2.05) is 0 Å². The Balaban J connectivity index is 0.000000980. The van der Waals surface area contributed by atoms with Crippen LogP contribution in [0.2, 0.25) is 0 Å². The number of hydrogen-bond donors (Lipinski definition) is 1. The van der Waals surface area contributed by atoms with Gasteiger partial charge in [0.15, 0.2) is 17.5 Å². The van der Waals surface area contributed by atoms with Crippen molar-refractivity contribution in [2.45, 2.75) is 18.9 Å². The van der Waals surface area contributed by atoms with E-state index in [2.05, 4.69) is 0 Å². The monoisotopic (exact) mass is 223 g/mol. The Morgan fingerprint density at radius 2 is 1.86 bits per heavy atom. The lowest BCUT2D eigenvalue weighted by molar-refractivity contribution is 0.441. The zero-order valence-electron chi connectivity index (χ0n) is 7.19. The van der Waals surface area contributed by atoms with Gasteiger partial charge >= 0.3 is 0 Å². The highest BCUT2D eigenvalue weighted by Gasteiger charge is 2.26. The molecular formula is C9H9ClF3N.